The predicted octanol–water partition coefficient (Wildman–Crippen LogP) is 3.86. The molecule has 0 bridgehead atoms. The Morgan fingerprint density at radius 2 is 1.79 bits per heavy atom. The summed E-state index contributed by atoms with van der Waals surface area (Å²) in [6, 6.07) is 19.6. The molecule has 1 amide bonds. The molecule has 0 radical (unpaired) electrons. The van der Waals surface area contributed by atoms with Crippen molar-refractivity contribution < 1.29 is 14.3 Å². The second-order valence-electron chi connectivity index (χ2n) is 6.45. The lowest BCUT2D eigenvalue weighted by molar-refractivity contribution is 0.0950. The number of carbonyl (C=O) groups excluding carboxylic acids is 1. The van der Waals surface area contributed by atoms with Crippen LogP contribution in [-0.4, -0.2) is 31.7 Å². The summed E-state index contributed by atoms with van der Waals surface area (Å²) < 4.78 is 10.8. The zero-order valence-corrected chi connectivity index (χ0v) is 16.1. The first-order chi connectivity index (χ1) is 13.7. The second kappa shape index (κ2) is 9.55. The van der Waals surface area contributed by atoms with Gasteiger partial charge in [-0.3, -0.25) is 9.78 Å². The number of aromatic nitrogens is 1. The molecule has 0 fully saturated rings. The maximum Gasteiger partial charge on any atom is 0.252 e. The molecule has 5 nitrogen and oxygen atoms in total. The molecule has 0 saturated carbocycles. The molecule has 1 atom stereocenters. The van der Waals surface area contributed by atoms with Crippen molar-refractivity contribution >= 4 is 5.91 Å². The van der Waals surface area contributed by atoms with Crippen LogP contribution in [-0.2, 0) is 6.42 Å². The first-order valence-corrected chi connectivity index (χ1v) is 9.15. The molecule has 1 heterocycles. The van der Waals surface area contributed by atoms with Crippen molar-refractivity contribution in [2.24, 2.45) is 0 Å². The summed E-state index contributed by atoms with van der Waals surface area (Å²) in [4.78, 5) is 16.5. The van der Waals surface area contributed by atoms with Crippen LogP contribution in [0.15, 0.2) is 73.1 Å². The standard InChI is InChI=1S/C23H24N2O3/c1-27-21-11-10-18(14-22(21)28-2)20(13-17-7-4-3-5-8-17)16-25-23(26)19-9-6-12-24-15-19/h3-12,14-15,20H,13,16H2,1-2H3,(H,25,26)/t20-/m0/s1. The average molecular weight is 376 g/mol. The Morgan fingerprint density at radius 1 is 1.00 bits per heavy atom. The molecule has 1 aromatic heterocycles. The SMILES string of the molecule is COc1ccc([C@H](CNC(=O)c2cccnc2)Cc2ccccc2)cc1OC. The monoisotopic (exact) mass is 376 g/mol. The molecular formula is C23H24N2O3. The molecule has 3 rings (SSSR count). The largest absolute Gasteiger partial charge is 0.493 e. The predicted molar refractivity (Wildman–Crippen MR) is 109 cm³/mol. The van der Waals surface area contributed by atoms with Gasteiger partial charge in [-0.05, 0) is 41.8 Å². The molecule has 0 aliphatic carbocycles. The molecule has 0 unspecified atom stereocenters. The van der Waals surface area contributed by atoms with Crippen LogP contribution < -0.4 is 14.8 Å². The molecule has 0 aliphatic rings. The molecule has 144 valence electrons. The van der Waals surface area contributed by atoms with Crippen molar-refractivity contribution in [3.8, 4) is 11.5 Å². The van der Waals surface area contributed by atoms with Gasteiger partial charge in [0.2, 0.25) is 0 Å². The van der Waals surface area contributed by atoms with E-state index in [1.54, 1.807) is 38.7 Å². The van der Waals surface area contributed by atoms with Crippen molar-refractivity contribution in [1.82, 2.24) is 10.3 Å². The lowest BCUT2D eigenvalue weighted by Crippen LogP contribution is -2.29. The van der Waals surface area contributed by atoms with Gasteiger partial charge in [0.25, 0.3) is 5.91 Å². The zero-order chi connectivity index (χ0) is 19.8. The van der Waals surface area contributed by atoms with Gasteiger partial charge in [-0.25, -0.2) is 0 Å². The number of rotatable bonds is 8. The lowest BCUT2D eigenvalue weighted by atomic mass is 9.91. The molecule has 28 heavy (non-hydrogen) atoms. The number of benzene rings is 2. The van der Waals surface area contributed by atoms with Crippen LogP contribution in [0.1, 0.15) is 27.4 Å². The molecule has 3 aromatic rings. The maximum absolute atomic E-state index is 12.5. The van der Waals surface area contributed by atoms with E-state index in [1.807, 2.05) is 36.4 Å². The van der Waals surface area contributed by atoms with Crippen LogP contribution >= 0.6 is 0 Å². The Labute approximate surface area is 165 Å². The number of pyridine rings is 1. The minimum Gasteiger partial charge on any atom is -0.493 e. The fourth-order valence-electron chi connectivity index (χ4n) is 3.13. The van der Waals surface area contributed by atoms with Crippen LogP contribution in [0.5, 0.6) is 11.5 Å². The van der Waals surface area contributed by atoms with E-state index in [9.17, 15) is 4.79 Å². The summed E-state index contributed by atoms with van der Waals surface area (Å²) in [5, 5.41) is 3.03. The highest BCUT2D eigenvalue weighted by Crippen LogP contribution is 2.31. The average Bonchev–Trinajstić information content (AvgIpc) is 2.77. The van der Waals surface area contributed by atoms with E-state index in [-0.39, 0.29) is 11.8 Å². The van der Waals surface area contributed by atoms with Gasteiger partial charge >= 0.3 is 0 Å². The summed E-state index contributed by atoms with van der Waals surface area (Å²) in [7, 11) is 3.24. The molecule has 5 heteroatoms. The number of nitrogens with zero attached hydrogens (tertiary/aromatic N) is 1. The minimum atomic E-state index is -0.133. The number of methoxy groups -OCH3 is 2. The maximum atomic E-state index is 12.5. The fraction of sp³-hybridized carbons (Fsp3) is 0.217. The quantitative estimate of drug-likeness (QED) is 0.649. The van der Waals surface area contributed by atoms with Crippen LogP contribution in [0.25, 0.3) is 0 Å². The highest BCUT2D eigenvalue weighted by Gasteiger charge is 2.17. The molecule has 0 aliphatic heterocycles. The van der Waals surface area contributed by atoms with E-state index < -0.39 is 0 Å². The summed E-state index contributed by atoms with van der Waals surface area (Å²) >= 11 is 0. The molecule has 0 spiro atoms. The lowest BCUT2D eigenvalue weighted by Gasteiger charge is -2.20. The Hall–Kier alpha value is -3.34. The van der Waals surface area contributed by atoms with Gasteiger partial charge < -0.3 is 14.8 Å². The van der Waals surface area contributed by atoms with Gasteiger partial charge in [0, 0.05) is 24.9 Å². The van der Waals surface area contributed by atoms with Crippen LogP contribution in [0.4, 0.5) is 0 Å². The summed E-state index contributed by atoms with van der Waals surface area (Å²) in [5.74, 6) is 1.32. The third-order valence-corrected chi connectivity index (χ3v) is 4.64. The van der Waals surface area contributed by atoms with E-state index >= 15 is 0 Å². The third kappa shape index (κ3) is 4.88. The van der Waals surface area contributed by atoms with E-state index in [2.05, 4.69) is 22.4 Å². The van der Waals surface area contributed by atoms with Gasteiger partial charge in [0.1, 0.15) is 0 Å². The Morgan fingerprint density at radius 3 is 2.46 bits per heavy atom. The highest BCUT2D eigenvalue weighted by atomic mass is 16.5. The summed E-state index contributed by atoms with van der Waals surface area (Å²) in [5.41, 5.74) is 2.83. The molecular weight excluding hydrogens is 352 g/mol. The van der Waals surface area contributed by atoms with Crippen molar-refractivity contribution in [3.05, 3.63) is 89.7 Å². The molecule has 1 N–H and O–H groups in total. The van der Waals surface area contributed by atoms with Gasteiger partial charge in [-0.15, -0.1) is 0 Å². The smallest absolute Gasteiger partial charge is 0.252 e. The number of nitrogens with one attached hydrogen (secondary N) is 1. The van der Waals surface area contributed by atoms with E-state index in [0.717, 1.165) is 12.0 Å². The molecule has 2 aromatic carbocycles. The van der Waals surface area contributed by atoms with Gasteiger partial charge in [0.15, 0.2) is 11.5 Å². The van der Waals surface area contributed by atoms with Crippen LogP contribution in [0.3, 0.4) is 0 Å². The minimum absolute atomic E-state index is 0.0860. The van der Waals surface area contributed by atoms with Gasteiger partial charge in [-0.1, -0.05) is 36.4 Å². The highest BCUT2D eigenvalue weighted by molar-refractivity contribution is 5.93. The zero-order valence-electron chi connectivity index (χ0n) is 16.1. The topological polar surface area (TPSA) is 60.5 Å². The number of hydrogen-bond acceptors (Lipinski definition) is 4. The van der Waals surface area contributed by atoms with E-state index in [1.165, 1.54) is 5.56 Å². The van der Waals surface area contributed by atoms with Crippen molar-refractivity contribution in [2.75, 3.05) is 20.8 Å². The Bertz CT molecular complexity index is 898. The first-order valence-electron chi connectivity index (χ1n) is 9.15. The van der Waals surface area contributed by atoms with Crippen LogP contribution in [0.2, 0.25) is 0 Å². The van der Waals surface area contributed by atoms with E-state index in [4.69, 9.17) is 9.47 Å². The summed E-state index contributed by atoms with van der Waals surface area (Å²) in [6.07, 6.45) is 4.01. The van der Waals surface area contributed by atoms with Crippen molar-refractivity contribution in [2.45, 2.75) is 12.3 Å². The number of hydrogen-bond donors (Lipinski definition) is 1. The second-order valence-corrected chi connectivity index (χ2v) is 6.45. The van der Waals surface area contributed by atoms with Gasteiger partial charge in [0.05, 0.1) is 19.8 Å². The number of ether oxygens (including phenoxy) is 2. The van der Waals surface area contributed by atoms with Gasteiger partial charge in [-0.2, -0.15) is 0 Å². The number of amides is 1. The Kier molecular flexibility index (Phi) is 6.63. The fourth-order valence-corrected chi connectivity index (χ4v) is 3.13. The van der Waals surface area contributed by atoms with Crippen molar-refractivity contribution in [3.63, 3.8) is 0 Å². The van der Waals surface area contributed by atoms with Crippen molar-refractivity contribution in [1.29, 1.82) is 0 Å². The molecule has 0 saturated heterocycles. The van der Waals surface area contributed by atoms with Crippen LogP contribution in [0, 0.1) is 0 Å². The Balaban J connectivity index is 1.82. The number of carbonyl (C=O) groups is 1. The summed E-state index contributed by atoms with van der Waals surface area (Å²) in [6.45, 7) is 0.498. The van der Waals surface area contributed by atoms with E-state index in [0.29, 0.717) is 23.6 Å². The first kappa shape index (κ1) is 19.4. The normalized spacial score (nSPS) is 11.5. The third-order valence-electron chi connectivity index (χ3n) is 4.64.